The number of nitrogens with two attached hydrogens (primary N) is 2. The number of methoxy groups -OCH3 is 1. The van der Waals surface area contributed by atoms with Crippen molar-refractivity contribution in [3.8, 4) is 5.88 Å². The molecule has 0 spiro atoms. The SMILES string of the molecule is CC(C)(C)OC(=O)Nc1ccnc(Cl)c1F.COc1nccc(N)c1F.Nc1ccnc(Cl)c1F. The summed E-state index contributed by atoms with van der Waals surface area (Å²) in [4.78, 5) is 21.9. The first-order valence-corrected chi connectivity index (χ1v) is 10.3. The lowest BCUT2D eigenvalue weighted by Gasteiger charge is -2.19. The second-order valence-electron chi connectivity index (χ2n) is 7.32. The Morgan fingerprint density at radius 1 is 0.886 bits per heavy atom. The van der Waals surface area contributed by atoms with Gasteiger partial charge in [-0.1, -0.05) is 23.2 Å². The number of amides is 1. The molecule has 0 fully saturated rings. The molecule has 0 aliphatic heterocycles. The van der Waals surface area contributed by atoms with Crippen LogP contribution in [0.15, 0.2) is 36.8 Å². The summed E-state index contributed by atoms with van der Waals surface area (Å²) in [5.74, 6) is -2.11. The monoisotopic (exact) mass is 534 g/mol. The van der Waals surface area contributed by atoms with Gasteiger partial charge >= 0.3 is 6.09 Å². The Balaban J connectivity index is 0.000000278. The molecule has 0 radical (unpaired) electrons. The van der Waals surface area contributed by atoms with Crippen LogP contribution in [0.25, 0.3) is 0 Å². The summed E-state index contributed by atoms with van der Waals surface area (Å²) in [7, 11) is 1.34. The predicted octanol–water partition coefficient (Wildman–Crippen LogP) is 5.49. The lowest BCUT2D eigenvalue weighted by Crippen LogP contribution is -2.27. The van der Waals surface area contributed by atoms with E-state index in [1.165, 1.54) is 43.9 Å². The third-order valence-corrected chi connectivity index (χ3v) is 3.97. The minimum absolute atomic E-state index is 0.0231. The third kappa shape index (κ3) is 10.1. The summed E-state index contributed by atoms with van der Waals surface area (Å²) in [5, 5.41) is 1.76. The molecule has 5 N–H and O–H groups in total. The highest BCUT2D eigenvalue weighted by atomic mass is 35.5. The Morgan fingerprint density at radius 3 is 1.83 bits per heavy atom. The molecule has 3 aromatic heterocycles. The van der Waals surface area contributed by atoms with Crippen molar-refractivity contribution in [2.45, 2.75) is 26.4 Å². The fourth-order valence-electron chi connectivity index (χ4n) is 1.94. The first-order chi connectivity index (χ1) is 16.3. The molecule has 190 valence electrons. The first kappa shape index (κ1) is 29.5. The normalized spacial score (nSPS) is 10.2. The summed E-state index contributed by atoms with van der Waals surface area (Å²) >= 11 is 10.7. The van der Waals surface area contributed by atoms with Gasteiger partial charge in [-0.2, -0.15) is 4.39 Å². The van der Waals surface area contributed by atoms with Crippen molar-refractivity contribution >= 4 is 46.4 Å². The predicted molar refractivity (Wildman–Crippen MR) is 128 cm³/mol. The number of nitrogens with one attached hydrogen (secondary N) is 1. The number of nitrogen functional groups attached to an aromatic ring is 2. The number of aromatic nitrogens is 3. The second kappa shape index (κ2) is 13.4. The molecule has 0 unspecified atom stereocenters. The molecule has 1 amide bonds. The van der Waals surface area contributed by atoms with Gasteiger partial charge in [0.05, 0.1) is 24.2 Å². The van der Waals surface area contributed by atoms with Crippen LogP contribution in [0, 0.1) is 17.5 Å². The Labute approximate surface area is 209 Å². The van der Waals surface area contributed by atoms with E-state index >= 15 is 0 Å². The van der Waals surface area contributed by atoms with E-state index in [2.05, 4.69) is 25.0 Å². The van der Waals surface area contributed by atoms with E-state index in [1.807, 2.05) is 0 Å². The van der Waals surface area contributed by atoms with Crippen molar-refractivity contribution in [2.24, 2.45) is 0 Å². The largest absolute Gasteiger partial charge is 0.479 e. The summed E-state index contributed by atoms with van der Waals surface area (Å²) in [6, 6.07) is 4.02. The lowest BCUT2D eigenvalue weighted by molar-refractivity contribution is 0.0635. The average molecular weight is 535 g/mol. The highest BCUT2D eigenvalue weighted by Gasteiger charge is 2.18. The van der Waals surface area contributed by atoms with Crippen LogP contribution in [0.5, 0.6) is 5.88 Å². The lowest BCUT2D eigenvalue weighted by atomic mass is 10.2. The van der Waals surface area contributed by atoms with E-state index in [1.54, 1.807) is 20.8 Å². The highest BCUT2D eigenvalue weighted by molar-refractivity contribution is 6.30. The molecule has 0 saturated heterocycles. The van der Waals surface area contributed by atoms with E-state index in [-0.39, 0.29) is 33.2 Å². The summed E-state index contributed by atoms with van der Waals surface area (Å²) in [5.41, 5.74) is 9.69. The van der Waals surface area contributed by atoms with Gasteiger partial charge in [-0.25, -0.2) is 28.5 Å². The van der Waals surface area contributed by atoms with E-state index < -0.39 is 29.1 Å². The van der Waals surface area contributed by atoms with Crippen molar-refractivity contribution in [1.29, 1.82) is 0 Å². The maximum atomic E-state index is 13.3. The van der Waals surface area contributed by atoms with Crippen molar-refractivity contribution < 1.29 is 27.4 Å². The number of ether oxygens (including phenoxy) is 2. The van der Waals surface area contributed by atoms with Crippen molar-refractivity contribution in [2.75, 3.05) is 23.9 Å². The van der Waals surface area contributed by atoms with Crippen molar-refractivity contribution in [1.82, 2.24) is 15.0 Å². The topological polar surface area (TPSA) is 138 Å². The van der Waals surface area contributed by atoms with Gasteiger partial charge in [-0.3, -0.25) is 5.32 Å². The van der Waals surface area contributed by atoms with Crippen LogP contribution in [0.3, 0.4) is 0 Å². The minimum atomic E-state index is -0.782. The second-order valence-corrected chi connectivity index (χ2v) is 8.03. The quantitative estimate of drug-likeness (QED) is 0.367. The zero-order valence-corrected chi connectivity index (χ0v) is 20.6. The highest BCUT2D eigenvalue weighted by Crippen LogP contribution is 2.20. The number of rotatable bonds is 2. The van der Waals surface area contributed by atoms with Crippen molar-refractivity contribution in [3.05, 3.63) is 64.5 Å². The smallest absolute Gasteiger partial charge is 0.412 e. The number of pyridine rings is 3. The molecule has 0 aromatic carbocycles. The Bertz CT molecular complexity index is 1130. The van der Waals surface area contributed by atoms with Crippen LogP contribution < -0.4 is 21.5 Å². The van der Waals surface area contributed by atoms with Gasteiger partial charge in [-0.05, 0) is 39.0 Å². The standard InChI is InChI=1S/C10H12ClFN2O2.C6H7FN2O.C5H4ClFN2/c1-10(2,3)16-9(15)14-6-4-5-13-8(11)7(6)12;1-10-6-5(7)4(8)2-3-9-6;6-5-4(7)3(8)1-2-9-5/h4-5H,1-3H3,(H,13,14,15);2-3H,1H3,(H2,8,9);1-2H,(H2,8,9). The number of anilines is 3. The summed E-state index contributed by atoms with van der Waals surface area (Å²) in [6.07, 6.45) is 3.28. The summed E-state index contributed by atoms with van der Waals surface area (Å²) < 4.78 is 47.9. The molecule has 0 aliphatic rings. The molecular formula is C21H23Cl2F3N6O3. The van der Waals surface area contributed by atoms with Gasteiger partial charge in [0.25, 0.3) is 5.88 Å². The van der Waals surface area contributed by atoms with Gasteiger partial charge in [-0.15, -0.1) is 0 Å². The van der Waals surface area contributed by atoms with Crippen LogP contribution >= 0.6 is 23.2 Å². The van der Waals surface area contributed by atoms with Gasteiger partial charge in [0, 0.05) is 18.6 Å². The van der Waals surface area contributed by atoms with Gasteiger partial charge < -0.3 is 20.9 Å². The number of carbonyl (C=O) groups is 1. The maximum Gasteiger partial charge on any atom is 0.412 e. The molecule has 0 saturated carbocycles. The molecular weight excluding hydrogens is 512 g/mol. The fourth-order valence-corrected chi connectivity index (χ4v) is 2.26. The number of nitrogens with zero attached hydrogens (tertiary/aromatic N) is 3. The van der Waals surface area contributed by atoms with Crippen LogP contribution in [0.1, 0.15) is 20.8 Å². The van der Waals surface area contributed by atoms with Crippen LogP contribution in [0.2, 0.25) is 10.3 Å². The maximum absolute atomic E-state index is 13.3. The third-order valence-electron chi connectivity index (χ3n) is 3.44. The fraction of sp³-hybridized carbons (Fsp3) is 0.238. The minimum Gasteiger partial charge on any atom is -0.479 e. The van der Waals surface area contributed by atoms with Gasteiger partial charge in [0.15, 0.2) is 21.9 Å². The molecule has 3 rings (SSSR count). The molecule has 3 aromatic rings. The molecule has 0 bridgehead atoms. The van der Waals surface area contributed by atoms with Crippen LogP contribution in [-0.2, 0) is 4.74 Å². The molecule has 14 heteroatoms. The van der Waals surface area contributed by atoms with E-state index in [9.17, 15) is 18.0 Å². The molecule has 9 nitrogen and oxygen atoms in total. The van der Waals surface area contributed by atoms with Crippen molar-refractivity contribution in [3.63, 3.8) is 0 Å². The number of carbonyl (C=O) groups excluding carboxylic acids is 1. The summed E-state index contributed by atoms with van der Waals surface area (Å²) in [6.45, 7) is 5.13. The van der Waals surface area contributed by atoms with E-state index in [0.717, 1.165) is 0 Å². The Kier molecular flexibility index (Phi) is 11.3. The Morgan fingerprint density at radius 2 is 1.37 bits per heavy atom. The first-order valence-electron chi connectivity index (χ1n) is 9.56. The number of hydrogen-bond donors (Lipinski definition) is 3. The van der Waals surface area contributed by atoms with Crippen LogP contribution in [-0.4, -0.2) is 33.8 Å². The van der Waals surface area contributed by atoms with Crippen LogP contribution in [0.4, 0.5) is 35.0 Å². The zero-order valence-electron chi connectivity index (χ0n) is 19.1. The number of hydrogen-bond acceptors (Lipinski definition) is 8. The van der Waals surface area contributed by atoms with Gasteiger partial charge in [0.2, 0.25) is 5.82 Å². The van der Waals surface area contributed by atoms with Gasteiger partial charge in [0.1, 0.15) is 5.60 Å². The number of halogens is 5. The molecule has 3 heterocycles. The molecule has 0 atom stereocenters. The zero-order chi connectivity index (χ0) is 26.8. The average Bonchev–Trinajstić information content (AvgIpc) is 2.77. The van der Waals surface area contributed by atoms with E-state index in [0.29, 0.717) is 0 Å². The molecule has 0 aliphatic carbocycles. The van der Waals surface area contributed by atoms with E-state index in [4.69, 9.17) is 39.4 Å². The molecule has 35 heavy (non-hydrogen) atoms. The Hall–Kier alpha value is -3.51.